The molecule has 0 fully saturated rings. The van der Waals surface area contributed by atoms with Crippen LogP contribution in [-0.4, -0.2) is 170 Å². The van der Waals surface area contributed by atoms with Gasteiger partial charge in [-0.05, 0) is 177 Å². The number of ether oxygens (including phenoxy) is 5. The maximum atomic E-state index is 11.8. The molecule has 4 unspecified atom stereocenters. The maximum absolute atomic E-state index is 11.8. The van der Waals surface area contributed by atoms with E-state index in [9.17, 15) is 37.7 Å². The smallest absolute Gasteiger partial charge is 0.308 e. The fourth-order valence-corrected chi connectivity index (χ4v) is 19.0. The second-order valence-electron chi connectivity index (χ2n) is 38.4. The summed E-state index contributed by atoms with van der Waals surface area (Å²) in [6.45, 7) is 114. The highest BCUT2D eigenvalue weighted by Gasteiger charge is 2.25. The van der Waals surface area contributed by atoms with Crippen LogP contribution in [0.2, 0.25) is 0 Å². The summed E-state index contributed by atoms with van der Waals surface area (Å²) in [4.78, 5) is 44.8. The van der Waals surface area contributed by atoms with Crippen molar-refractivity contribution < 1.29 is 56.2 Å². The molecule has 1 rings (SSSR count). The average molecular weight is 2240 g/mol. The van der Waals surface area contributed by atoms with E-state index in [1.807, 2.05) is 196 Å². The number of hydrogen-bond donors (Lipinski definition) is 1. The highest BCUT2D eigenvalue weighted by atomic mass is 33.1. The molecular formula is C106H226F3N5O10S14. The van der Waals surface area contributed by atoms with Gasteiger partial charge in [0.25, 0.3) is 0 Å². The number of halogens is 3. The lowest BCUT2D eigenvalue weighted by atomic mass is 10.1. The van der Waals surface area contributed by atoms with Gasteiger partial charge in [0.2, 0.25) is 12.0 Å². The number of esters is 3. The molecule has 0 aliphatic rings. The molecule has 840 valence electrons. The number of alkyl halides is 3. The lowest BCUT2D eigenvalue weighted by Gasteiger charge is -2.16. The number of allylic oxidation sites excluding steroid dienone is 1. The summed E-state index contributed by atoms with van der Waals surface area (Å²) in [6.07, 6.45) is 10.2. The summed E-state index contributed by atoms with van der Waals surface area (Å²) in [5.74, 6) is 13.8. The Hall–Kier alpha value is 0.390. The number of carbonyl (C=O) groups is 3. The summed E-state index contributed by atoms with van der Waals surface area (Å²) < 4.78 is 60.9. The Kier molecular flexibility index (Phi) is 171. The van der Waals surface area contributed by atoms with E-state index < -0.39 is 24.1 Å². The zero-order valence-electron chi connectivity index (χ0n) is 98.9. The summed E-state index contributed by atoms with van der Waals surface area (Å²) in [7, 11) is 22.8. The molecule has 32 heteroatoms. The molecule has 0 heterocycles. The molecule has 0 aliphatic carbocycles. The topological polar surface area (TPSA) is 215 Å². The Morgan fingerprint density at radius 3 is 1.04 bits per heavy atom. The monoisotopic (exact) mass is 2230 g/mol. The number of nitrogens with zero attached hydrogens (tertiary/aromatic N) is 4. The third-order valence-electron chi connectivity index (χ3n) is 13.3. The number of rotatable bonds is 44. The lowest BCUT2D eigenvalue weighted by molar-refractivity contribution is -0.513. The molecule has 0 aromatic heterocycles. The quantitative estimate of drug-likeness (QED) is 0.00522. The van der Waals surface area contributed by atoms with Gasteiger partial charge in [-0.15, -0.1) is 18.3 Å². The maximum Gasteiger partial charge on any atom is 0.308 e. The van der Waals surface area contributed by atoms with Crippen LogP contribution in [0.3, 0.4) is 0 Å². The Balaban J connectivity index is -0.0000000752. The molecule has 15 nitrogen and oxygen atoms in total. The second kappa shape index (κ2) is 133. The molecule has 0 spiro atoms. The van der Waals surface area contributed by atoms with Crippen LogP contribution < -0.4 is 5.73 Å². The van der Waals surface area contributed by atoms with Gasteiger partial charge in [-0.25, -0.2) is 13.2 Å². The first-order chi connectivity index (χ1) is 63.2. The summed E-state index contributed by atoms with van der Waals surface area (Å²) in [5, 5.41) is 14.5. The molecular weight excluding hydrogens is 2010 g/mol. The first-order valence-electron chi connectivity index (χ1n) is 49.9. The van der Waals surface area contributed by atoms with Crippen molar-refractivity contribution in [3.63, 3.8) is 0 Å². The average Bonchev–Trinajstić information content (AvgIpc) is 0.938. The molecule has 2 N–H and O–H groups in total. The van der Waals surface area contributed by atoms with Crippen LogP contribution >= 0.6 is 153 Å². The normalized spacial score (nSPS) is 11.3. The molecule has 0 saturated heterocycles. The van der Waals surface area contributed by atoms with Gasteiger partial charge in [0.05, 0.1) is 49.3 Å². The molecule has 1 aromatic rings. The van der Waals surface area contributed by atoms with Crippen molar-refractivity contribution in [3.05, 3.63) is 76.2 Å². The minimum atomic E-state index is -2.50. The number of nitro groups is 1. The Morgan fingerprint density at radius 1 is 0.486 bits per heavy atom. The van der Waals surface area contributed by atoms with Crippen molar-refractivity contribution in [2.24, 2.45) is 93.7 Å². The first kappa shape index (κ1) is 177. The fraction of sp³-hybridized carbons (Fsp3) is 0.877. The summed E-state index contributed by atoms with van der Waals surface area (Å²) in [6, 6.07) is 10.5. The molecule has 1 aromatic carbocycles. The van der Waals surface area contributed by atoms with Crippen LogP contribution in [0.1, 0.15) is 373 Å². The van der Waals surface area contributed by atoms with Crippen molar-refractivity contribution in [1.29, 1.82) is 0 Å². The third kappa shape index (κ3) is 238. The minimum Gasteiger partial charge on any atom is -0.466 e. The molecule has 138 heavy (non-hydrogen) atoms. The first-order valence-corrected chi connectivity index (χ1v) is 66.9. The van der Waals surface area contributed by atoms with Crippen LogP contribution in [0.25, 0.3) is 10.4 Å². The van der Waals surface area contributed by atoms with E-state index in [1.54, 1.807) is 86.9 Å². The van der Waals surface area contributed by atoms with Gasteiger partial charge < -0.3 is 29.4 Å². The molecule has 0 amide bonds. The number of carbonyl (C=O) groups excluding carboxylic acids is 3. The predicted molar refractivity (Wildman–Crippen MR) is 658 cm³/mol. The summed E-state index contributed by atoms with van der Waals surface area (Å²) >= 11 is 3.97. The highest BCUT2D eigenvalue weighted by molar-refractivity contribution is 8.78. The van der Waals surface area contributed by atoms with Crippen LogP contribution in [0.5, 0.6) is 0 Å². The van der Waals surface area contributed by atoms with E-state index in [2.05, 4.69) is 297 Å². The van der Waals surface area contributed by atoms with Crippen LogP contribution in [0, 0.1) is 93.0 Å². The van der Waals surface area contributed by atoms with Gasteiger partial charge >= 0.3 is 17.9 Å². The van der Waals surface area contributed by atoms with Crippen molar-refractivity contribution in [2.45, 2.75) is 440 Å². The molecule has 0 aliphatic heterocycles. The van der Waals surface area contributed by atoms with E-state index in [0.717, 1.165) is 76.9 Å². The van der Waals surface area contributed by atoms with Crippen LogP contribution in [0.15, 0.2) is 65.7 Å². The number of thioether (sulfide) groups is 2. The Labute approximate surface area is 913 Å². The van der Waals surface area contributed by atoms with E-state index in [4.69, 9.17) is 25.5 Å². The number of hydrogen-bond acceptors (Lipinski definition) is 26. The van der Waals surface area contributed by atoms with Gasteiger partial charge in [-0.1, -0.05) is 455 Å². The van der Waals surface area contributed by atoms with Crippen molar-refractivity contribution in [2.75, 3.05) is 84.9 Å². The van der Waals surface area contributed by atoms with Crippen molar-refractivity contribution in [1.82, 2.24) is 0 Å². The number of benzene rings is 1. The summed E-state index contributed by atoms with van der Waals surface area (Å²) in [5.41, 5.74) is 13.5. The van der Waals surface area contributed by atoms with Crippen molar-refractivity contribution in [3.8, 4) is 0 Å². The predicted octanol–water partition coefficient (Wildman–Crippen LogP) is 40.4. The lowest BCUT2D eigenvalue weighted by Crippen LogP contribution is -2.17. The fourth-order valence-electron chi connectivity index (χ4n) is 4.93. The largest absolute Gasteiger partial charge is 0.466 e. The van der Waals surface area contributed by atoms with Gasteiger partial charge in [0.15, 0.2) is 0 Å². The number of nitrogens with two attached hydrogens (primary N) is 1. The van der Waals surface area contributed by atoms with Gasteiger partial charge in [0.1, 0.15) is 17.5 Å². The molecule has 0 saturated carbocycles. The van der Waals surface area contributed by atoms with Gasteiger partial charge in [-0.3, -0.25) is 24.5 Å². The highest BCUT2D eigenvalue weighted by Crippen LogP contribution is 2.36. The number of azide groups is 1. The van der Waals surface area contributed by atoms with E-state index in [0.29, 0.717) is 66.2 Å². The standard InChI is InChI=1S/C10H14S.C8H18S2.C7H12O2.C7H16OS2.C7H16S2.C7H16S.2C6H12O2.C6H14OS2.C6H14S2.C6H12.C5H10F2.C5H11F.C5H12S2.C5H12.C4H9N3.C3H7NO2.C3H9N/c1-9(2)8-11-10-6-4-3-5-7-10;1-7(2)6-9-10-8(3,4)5;1-4-5-9-7(8)6(2)3;1-5-9-10-7(4)8-6(2)3;1-6(2)5-8-9-7(3)4;1-5-8-7(4)6(2)3;2*1-4-8-6(7)5(2)3;1-5(2)7-6(3)9-8-4;1-4-7-8-5-6(2)3;1-4-5-6(2)3;1-4(2)5(3,6)7;1-4(2)5(3)6;1-5(2)4-7-6-3;1-4-5(2)3;1-4(2)3-6-7-5;1-3(2)4(5)6;1-3(2)4/h3-7,9H,8H2,1-2H3;7H,6H2,1-5H3;4,6H,1,5H2,2-3H3;6-7H,5H2,1-4H3;6-7H,5H2,1-4H3;6-7H,5H2,1-4H3;2*5H,4H2,1-3H3;5-6H,1-4H3;6H,4-5H2,1-3H3;4,6H,1,5H2,2-3H3;4H,1-3H3;4-5H,1-3H3;5H,4H2,1-3H3;5H,4H2,1-3H3;4H,3H2,1-2H3;3H,1-2H3;3H,4H2,1-2H3. The molecule has 0 bridgehead atoms. The molecule has 4 atom stereocenters. The van der Waals surface area contributed by atoms with E-state index >= 15 is 0 Å². The minimum absolute atomic E-state index is 0.00921. The third-order valence-corrected chi connectivity index (χ3v) is 32.8. The van der Waals surface area contributed by atoms with Gasteiger partial charge in [-0.2, -0.15) is 11.8 Å². The molecule has 0 radical (unpaired) electrons. The SMILES string of the molecule is C=CCC(C)C.C=CCOC(=O)C(C)C.CC(C)C(C)(F)F.CC(C)C(C)F.CC(C)CN=[N+]=[N-].CC(C)CSSC(C)(C)C.CC(C)CSSC(C)C.CC(C)CSc1ccccc1.CC(C)N.CC(C)[N+](=O)[O-].CCC(C)C.CCOC(=O)C(C)C.CCOC(=O)C(C)C.CCSC(C)C(C)C.CCSSC(C)OC(C)C.CCSSCC(C)C.CSSC(C)OC(C)C.CSSCC(C)C. The Morgan fingerprint density at radius 2 is 0.833 bits per heavy atom. The second-order valence-corrected chi connectivity index (χ2v) is 58.4. The van der Waals surface area contributed by atoms with Gasteiger partial charge in [0, 0.05) is 96.6 Å². The van der Waals surface area contributed by atoms with Crippen LogP contribution in [0.4, 0.5) is 13.2 Å². The van der Waals surface area contributed by atoms with Crippen LogP contribution in [-0.2, 0) is 38.1 Å². The van der Waals surface area contributed by atoms with Crippen molar-refractivity contribution >= 4 is 171 Å². The Bertz CT molecular complexity index is 2540. The zero-order chi connectivity index (χ0) is 113. The zero-order valence-corrected chi connectivity index (χ0v) is 110. The van der Waals surface area contributed by atoms with E-state index in [1.165, 1.54) is 65.4 Å². The van der Waals surface area contributed by atoms with E-state index in [-0.39, 0.29) is 46.5 Å².